The van der Waals surface area contributed by atoms with Crippen molar-refractivity contribution in [3.05, 3.63) is 36.0 Å². The summed E-state index contributed by atoms with van der Waals surface area (Å²) >= 11 is 0. The molecule has 120 valence electrons. The second-order valence-corrected chi connectivity index (χ2v) is 7.62. The Labute approximate surface area is 133 Å². The lowest BCUT2D eigenvalue weighted by Crippen LogP contribution is -2.44. The summed E-state index contributed by atoms with van der Waals surface area (Å²) in [7, 11) is 0. The summed E-state index contributed by atoms with van der Waals surface area (Å²) in [4.78, 5) is 15.0. The van der Waals surface area contributed by atoms with Gasteiger partial charge in [-0.3, -0.25) is 4.79 Å². The SMILES string of the molecule is CC1(C)CCN(C(C)(C)C)C=C1C(=O)Nc1cccc(N)c1. The number of nitrogens with one attached hydrogen (secondary N) is 1. The van der Waals surface area contributed by atoms with Gasteiger partial charge in [-0.15, -0.1) is 0 Å². The molecule has 0 aliphatic carbocycles. The number of hydrogen-bond acceptors (Lipinski definition) is 3. The van der Waals surface area contributed by atoms with Crippen LogP contribution in [0, 0.1) is 5.41 Å². The predicted molar refractivity (Wildman–Crippen MR) is 92.4 cm³/mol. The molecule has 0 spiro atoms. The van der Waals surface area contributed by atoms with E-state index in [1.54, 1.807) is 12.1 Å². The molecule has 2 rings (SSSR count). The first kappa shape index (κ1) is 16.4. The van der Waals surface area contributed by atoms with Crippen LogP contribution in [-0.2, 0) is 4.79 Å². The Morgan fingerprint density at radius 1 is 1.32 bits per heavy atom. The fourth-order valence-electron chi connectivity index (χ4n) is 2.64. The topological polar surface area (TPSA) is 58.4 Å². The Kier molecular flexibility index (Phi) is 4.23. The van der Waals surface area contributed by atoms with E-state index < -0.39 is 0 Å². The average molecular weight is 301 g/mol. The molecule has 1 heterocycles. The maximum atomic E-state index is 12.7. The van der Waals surface area contributed by atoms with Gasteiger partial charge in [-0.05, 0) is 50.8 Å². The molecule has 3 N–H and O–H groups in total. The molecule has 1 aliphatic heterocycles. The maximum Gasteiger partial charge on any atom is 0.253 e. The van der Waals surface area contributed by atoms with E-state index in [1.165, 1.54) is 0 Å². The number of nitrogens with two attached hydrogens (primary N) is 1. The summed E-state index contributed by atoms with van der Waals surface area (Å²) in [6, 6.07) is 7.27. The number of carbonyl (C=O) groups excluding carboxylic acids is 1. The van der Waals surface area contributed by atoms with E-state index in [4.69, 9.17) is 5.73 Å². The molecule has 1 aliphatic rings. The van der Waals surface area contributed by atoms with Crippen molar-refractivity contribution in [1.82, 2.24) is 4.90 Å². The van der Waals surface area contributed by atoms with Crippen molar-refractivity contribution in [3.63, 3.8) is 0 Å². The van der Waals surface area contributed by atoms with Gasteiger partial charge in [0.05, 0.1) is 0 Å². The Bertz CT molecular complexity index is 597. The molecule has 1 aromatic carbocycles. The molecule has 0 unspecified atom stereocenters. The van der Waals surface area contributed by atoms with Gasteiger partial charge in [-0.25, -0.2) is 0 Å². The molecular formula is C18H27N3O. The third-order valence-electron chi connectivity index (χ3n) is 4.24. The Hall–Kier alpha value is -1.97. The molecule has 1 aromatic rings. The van der Waals surface area contributed by atoms with Crippen molar-refractivity contribution in [2.24, 2.45) is 5.41 Å². The maximum absolute atomic E-state index is 12.7. The number of hydrogen-bond donors (Lipinski definition) is 2. The van der Waals surface area contributed by atoms with E-state index in [-0.39, 0.29) is 16.9 Å². The normalized spacial score (nSPS) is 17.9. The van der Waals surface area contributed by atoms with Crippen LogP contribution in [-0.4, -0.2) is 22.9 Å². The van der Waals surface area contributed by atoms with Crippen LogP contribution in [0.25, 0.3) is 0 Å². The minimum atomic E-state index is -0.133. The van der Waals surface area contributed by atoms with Crippen molar-refractivity contribution in [3.8, 4) is 0 Å². The van der Waals surface area contributed by atoms with Gasteiger partial charge >= 0.3 is 0 Å². The van der Waals surface area contributed by atoms with Gasteiger partial charge in [0.2, 0.25) is 0 Å². The highest BCUT2D eigenvalue weighted by atomic mass is 16.1. The zero-order valence-corrected chi connectivity index (χ0v) is 14.2. The van der Waals surface area contributed by atoms with Crippen LogP contribution >= 0.6 is 0 Å². The van der Waals surface area contributed by atoms with Crippen molar-refractivity contribution in [2.75, 3.05) is 17.6 Å². The Balaban J connectivity index is 2.26. The number of amides is 1. The van der Waals surface area contributed by atoms with Crippen LogP contribution in [0.4, 0.5) is 11.4 Å². The third kappa shape index (κ3) is 3.62. The largest absolute Gasteiger partial charge is 0.399 e. The van der Waals surface area contributed by atoms with E-state index in [1.807, 2.05) is 18.3 Å². The van der Waals surface area contributed by atoms with E-state index in [0.29, 0.717) is 5.69 Å². The van der Waals surface area contributed by atoms with Gasteiger partial charge in [-0.1, -0.05) is 19.9 Å². The van der Waals surface area contributed by atoms with Gasteiger partial charge in [0.25, 0.3) is 5.91 Å². The van der Waals surface area contributed by atoms with Crippen molar-refractivity contribution < 1.29 is 4.79 Å². The fourth-order valence-corrected chi connectivity index (χ4v) is 2.64. The number of benzene rings is 1. The number of rotatable bonds is 2. The predicted octanol–water partition coefficient (Wildman–Crippen LogP) is 3.62. The van der Waals surface area contributed by atoms with E-state index in [2.05, 4.69) is 44.8 Å². The summed E-state index contributed by atoms with van der Waals surface area (Å²) in [6.07, 6.45) is 2.98. The molecule has 0 atom stereocenters. The van der Waals surface area contributed by atoms with Crippen molar-refractivity contribution in [1.29, 1.82) is 0 Å². The van der Waals surface area contributed by atoms with Crippen LogP contribution in [0.15, 0.2) is 36.0 Å². The third-order valence-corrected chi connectivity index (χ3v) is 4.24. The summed E-state index contributed by atoms with van der Waals surface area (Å²) in [5.41, 5.74) is 7.84. The lowest BCUT2D eigenvalue weighted by atomic mass is 9.78. The minimum absolute atomic E-state index is 0.0131. The highest BCUT2D eigenvalue weighted by Crippen LogP contribution is 2.37. The minimum Gasteiger partial charge on any atom is -0.399 e. The van der Waals surface area contributed by atoms with Crippen LogP contribution < -0.4 is 11.1 Å². The summed E-state index contributed by atoms with van der Waals surface area (Å²) < 4.78 is 0. The molecule has 4 heteroatoms. The molecule has 0 saturated carbocycles. The first-order valence-corrected chi connectivity index (χ1v) is 7.75. The smallest absolute Gasteiger partial charge is 0.253 e. The first-order valence-electron chi connectivity index (χ1n) is 7.75. The molecular weight excluding hydrogens is 274 g/mol. The number of carbonyl (C=O) groups is 1. The van der Waals surface area contributed by atoms with Gasteiger partial charge in [0.1, 0.15) is 0 Å². The van der Waals surface area contributed by atoms with Crippen molar-refractivity contribution in [2.45, 2.75) is 46.6 Å². The second kappa shape index (κ2) is 5.67. The summed E-state index contributed by atoms with van der Waals surface area (Å²) in [6.45, 7) is 11.7. The number of nitrogen functional groups attached to an aromatic ring is 1. The molecule has 0 aromatic heterocycles. The lowest BCUT2D eigenvalue weighted by Gasteiger charge is -2.43. The monoisotopic (exact) mass is 301 g/mol. The Morgan fingerprint density at radius 2 is 2.00 bits per heavy atom. The van der Waals surface area contributed by atoms with Gasteiger partial charge in [-0.2, -0.15) is 0 Å². The highest BCUT2D eigenvalue weighted by molar-refractivity contribution is 6.04. The van der Waals surface area contributed by atoms with E-state index in [0.717, 1.165) is 24.2 Å². The zero-order chi connectivity index (χ0) is 16.5. The number of nitrogens with zero attached hydrogens (tertiary/aromatic N) is 1. The average Bonchev–Trinajstić information content (AvgIpc) is 2.36. The summed E-state index contributed by atoms with van der Waals surface area (Å²) in [5.74, 6) is -0.0513. The second-order valence-electron chi connectivity index (χ2n) is 7.62. The Morgan fingerprint density at radius 3 is 2.59 bits per heavy atom. The molecule has 0 saturated heterocycles. The van der Waals surface area contributed by atoms with Gasteiger partial charge < -0.3 is 16.0 Å². The number of anilines is 2. The molecule has 22 heavy (non-hydrogen) atoms. The van der Waals surface area contributed by atoms with Crippen molar-refractivity contribution >= 4 is 17.3 Å². The van der Waals surface area contributed by atoms with Crippen LogP contribution in [0.1, 0.15) is 41.0 Å². The molecule has 1 amide bonds. The quantitative estimate of drug-likeness (QED) is 0.820. The summed E-state index contributed by atoms with van der Waals surface area (Å²) in [5, 5.41) is 2.97. The fraction of sp³-hybridized carbons (Fsp3) is 0.500. The van der Waals surface area contributed by atoms with Crippen LogP contribution in [0.3, 0.4) is 0 Å². The van der Waals surface area contributed by atoms with E-state index >= 15 is 0 Å². The standard InChI is InChI=1S/C18H27N3O/c1-17(2,3)21-10-9-18(4,5)15(12-21)16(22)20-14-8-6-7-13(19)11-14/h6-8,11-12H,9-10,19H2,1-5H3,(H,20,22). The lowest BCUT2D eigenvalue weighted by molar-refractivity contribution is -0.114. The van der Waals surface area contributed by atoms with Crippen LogP contribution in [0.5, 0.6) is 0 Å². The van der Waals surface area contributed by atoms with Crippen LogP contribution in [0.2, 0.25) is 0 Å². The highest BCUT2D eigenvalue weighted by Gasteiger charge is 2.35. The van der Waals surface area contributed by atoms with E-state index in [9.17, 15) is 4.79 Å². The molecule has 0 radical (unpaired) electrons. The molecule has 0 bridgehead atoms. The molecule has 0 fully saturated rings. The first-order chi connectivity index (χ1) is 10.1. The zero-order valence-electron chi connectivity index (χ0n) is 14.2. The molecule has 4 nitrogen and oxygen atoms in total. The van der Waals surface area contributed by atoms with Gasteiger partial charge in [0.15, 0.2) is 0 Å². The van der Waals surface area contributed by atoms with Gasteiger partial charge in [0, 0.05) is 35.2 Å².